The second-order valence-electron chi connectivity index (χ2n) is 6.90. The van der Waals surface area contributed by atoms with E-state index in [9.17, 15) is 9.18 Å². The van der Waals surface area contributed by atoms with E-state index in [4.69, 9.17) is 9.47 Å². The number of benzene rings is 2. The molecule has 1 fully saturated rings. The minimum Gasteiger partial charge on any atom is -0.454 e. The number of halogens is 1. The number of carbonyl (C=O) groups excluding carboxylic acids is 1. The number of fused-ring (bicyclic) bond motifs is 1. The molecule has 0 spiro atoms. The molecule has 1 saturated heterocycles. The van der Waals surface area contributed by atoms with Crippen molar-refractivity contribution in [1.29, 1.82) is 0 Å². The van der Waals surface area contributed by atoms with Crippen LogP contribution >= 0.6 is 0 Å². The summed E-state index contributed by atoms with van der Waals surface area (Å²) in [4.78, 5) is 16.9. The van der Waals surface area contributed by atoms with Gasteiger partial charge in [-0.1, -0.05) is 18.2 Å². The molecule has 0 radical (unpaired) electrons. The molecule has 2 aliphatic heterocycles. The minimum atomic E-state index is -0.128. The van der Waals surface area contributed by atoms with E-state index in [-0.39, 0.29) is 18.5 Å². The Morgan fingerprint density at radius 2 is 1.78 bits per heavy atom. The molecule has 0 aromatic heterocycles. The van der Waals surface area contributed by atoms with Crippen molar-refractivity contribution in [2.24, 2.45) is 0 Å². The zero-order chi connectivity index (χ0) is 18.6. The zero-order valence-electron chi connectivity index (χ0n) is 15.2. The van der Waals surface area contributed by atoms with Crippen LogP contribution in [0.3, 0.4) is 0 Å². The van der Waals surface area contributed by atoms with Gasteiger partial charge in [-0.05, 0) is 49.2 Å². The maximum atomic E-state index is 13.7. The summed E-state index contributed by atoms with van der Waals surface area (Å²) < 4.78 is 24.3. The minimum absolute atomic E-state index is 0.0271. The first kappa shape index (κ1) is 17.8. The van der Waals surface area contributed by atoms with Gasteiger partial charge in [0.2, 0.25) is 6.79 Å². The number of hydrogen-bond donors (Lipinski definition) is 0. The fraction of sp³-hybridized carbons (Fsp3) is 0.381. The van der Waals surface area contributed by atoms with Gasteiger partial charge in [-0.3, -0.25) is 9.69 Å². The van der Waals surface area contributed by atoms with Gasteiger partial charge in [-0.2, -0.15) is 0 Å². The highest BCUT2D eigenvalue weighted by atomic mass is 19.1. The van der Waals surface area contributed by atoms with Crippen molar-refractivity contribution in [1.82, 2.24) is 9.80 Å². The molecule has 2 aromatic rings. The van der Waals surface area contributed by atoms with E-state index in [1.807, 2.05) is 17.0 Å². The van der Waals surface area contributed by atoms with Crippen molar-refractivity contribution in [3.63, 3.8) is 0 Å². The van der Waals surface area contributed by atoms with Crippen LogP contribution in [-0.2, 0) is 6.42 Å². The van der Waals surface area contributed by atoms with Gasteiger partial charge in [0.1, 0.15) is 5.82 Å². The highest BCUT2D eigenvalue weighted by molar-refractivity contribution is 5.95. The number of hydrogen-bond acceptors (Lipinski definition) is 4. The highest BCUT2D eigenvalue weighted by Crippen LogP contribution is 2.32. The molecule has 1 amide bonds. The second kappa shape index (κ2) is 7.96. The molecule has 27 heavy (non-hydrogen) atoms. The second-order valence-corrected chi connectivity index (χ2v) is 6.90. The van der Waals surface area contributed by atoms with Gasteiger partial charge in [0.25, 0.3) is 5.91 Å². The maximum Gasteiger partial charge on any atom is 0.254 e. The van der Waals surface area contributed by atoms with E-state index >= 15 is 0 Å². The molecule has 5 nitrogen and oxygen atoms in total. The molecule has 0 saturated carbocycles. The largest absolute Gasteiger partial charge is 0.454 e. The first-order valence-corrected chi connectivity index (χ1v) is 9.35. The van der Waals surface area contributed by atoms with Gasteiger partial charge < -0.3 is 14.4 Å². The third-order valence-electron chi connectivity index (χ3n) is 5.16. The van der Waals surface area contributed by atoms with Crippen LogP contribution < -0.4 is 9.47 Å². The lowest BCUT2D eigenvalue weighted by Gasteiger charge is -2.34. The molecule has 2 aliphatic rings. The van der Waals surface area contributed by atoms with E-state index in [2.05, 4.69) is 4.90 Å². The summed E-state index contributed by atoms with van der Waals surface area (Å²) in [5.41, 5.74) is 1.40. The topological polar surface area (TPSA) is 42.0 Å². The first-order valence-electron chi connectivity index (χ1n) is 9.35. The molecule has 6 heteroatoms. The molecule has 4 rings (SSSR count). The summed E-state index contributed by atoms with van der Waals surface area (Å²) in [5, 5.41) is 0. The number of carbonyl (C=O) groups is 1. The Morgan fingerprint density at radius 3 is 2.59 bits per heavy atom. The lowest BCUT2D eigenvalue weighted by atomic mass is 10.1. The van der Waals surface area contributed by atoms with Crippen LogP contribution in [0.15, 0.2) is 42.5 Å². The average Bonchev–Trinajstić information content (AvgIpc) is 3.17. The maximum absolute atomic E-state index is 13.7. The highest BCUT2D eigenvalue weighted by Gasteiger charge is 2.24. The van der Waals surface area contributed by atoms with Gasteiger partial charge in [-0.15, -0.1) is 0 Å². The predicted molar refractivity (Wildman–Crippen MR) is 99.6 cm³/mol. The van der Waals surface area contributed by atoms with E-state index in [0.29, 0.717) is 30.2 Å². The molecule has 0 unspecified atom stereocenters. The molecule has 2 heterocycles. The molecule has 0 aliphatic carbocycles. The van der Waals surface area contributed by atoms with E-state index in [1.165, 1.54) is 6.07 Å². The van der Waals surface area contributed by atoms with Crippen LogP contribution in [-0.4, -0.2) is 55.2 Å². The van der Waals surface area contributed by atoms with Crippen LogP contribution in [0.1, 0.15) is 22.3 Å². The summed E-state index contributed by atoms with van der Waals surface area (Å²) in [6.45, 7) is 4.21. The van der Waals surface area contributed by atoms with Crippen LogP contribution in [0.2, 0.25) is 0 Å². The average molecular weight is 370 g/mol. The van der Waals surface area contributed by atoms with Crippen molar-refractivity contribution in [2.45, 2.75) is 12.8 Å². The van der Waals surface area contributed by atoms with Crippen molar-refractivity contribution in [3.8, 4) is 11.5 Å². The molecular weight excluding hydrogens is 347 g/mol. The first-order chi connectivity index (χ1) is 13.2. The Hall–Kier alpha value is -2.60. The Bertz CT molecular complexity index is 819. The van der Waals surface area contributed by atoms with Crippen LogP contribution in [0.4, 0.5) is 4.39 Å². The normalized spacial score (nSPS) is 16.6. The summed E-state index contributed by atoms with van der Waals surface area (Å²) in [6.07, 6.45) is 1.65. The predicted octanol–water partition coefficient (Wildman–Crippen LogP) is 2.95. The van der Waals surface area contributed by atoms with E-state index in [0.717, 1.165) is 38.0 Å². The van der Waals surface area contributed by atoms with Crippen LogP contribution in [0.5, 0.6) is 11.5 Å². The van der Waals surface area contributed by atoms with Gasteiger partial charge >= 0.3 is 0 Å². The third-order valence-corrected chi connectivity index (χ3v) is 5.16. The standard InChI is InChI=1S/C21H23FN2O3/c22-18-6-2-1-4-16(18)5-3-9-23-10-12-24(13-11-23)21(25)17-7-8-19-20(14-17)27-15-26-19/h1-2,4,6-8,14H,3,5,9-13,15H2. The monoisotopic (exact) mass is 370 g/mol. The number of piperazine rings is 1. The zero-order valence-corrected chi connectivity index (χ0v) is 15.2. The van der Waals surface area contributed by atoms with Crippen molar-refractivity contribution in [3.05, 3.63) is 59.4 Å². The Labute approximate surface area is 158 Å². The molecule has 0 bridgehead atoms. The van der Waals surface area contributed by atoms with Crippen molar-refractivity contribution in [2.75, 3.05) is 39.5 Å². The Kier molecular flexibility index (Phi) is 5.25. The van der Waals surface area contributed by atoms with Crippen molar-refractivity contribution >= 4 is 5.91 Å². The SMILES string of the molecule is O=C(c1ccc2c(c1)OCO2)N1CCN(CCCc2ccccc2F)CC1. The number of nitrogens with zero attached hydrogens (tertiary/aromatic N) is 2. The Morgan fingerprint density at radius 1 is 1.00 bits per heavy atom. The summed E-state index contributed by atoms with van der Waals surface area (Å²) in [6, 6.07) is 12.3. The lowest BCUT2D eigenvalue weighted by Crippen LogP contribution is -2.48. The van der Waals surface area contributed by atoms with E-state index < -0.39 is 0 Å². The molecular formula is C21H23FN2O3. The number of amides is 1. The molecule has 2 aromatic carbocycles. The van der Waals surface area contributed by atoms with Gasteiger partial charge in [0.15, 0.2) is 11.5 Å². The summed E-state index contributed by atoms with van der Waals surface area (Å²) >= 11 is 0. The van der Waals surface area contributed by atoms with Crippen LogP contribution in [0, 0.1) is 5.82 Å². The number of ether oxygens (including phenoxy) is 2. The number of rotatable bonds is 5. The van der Waals surface area contributed by atoms with Gasteiger partial charge in [0, 0.05) is 31.7 Å². The number of aryl methyl sites for hydroxylation is 1. The fourth-order valence-corrected chi connectivity index (χ4v) is 3.58. The van der Waals surface area contributed by atoms with Crippen LogP contribution in [0.25, 0.3) is 0 Å². The quantitative estimate of drug-likeness (QED) is 0.812. The molecule has 0 N–H and O–H groups in total. The lowest BCUT2D eigenvalue weighted by molar-refractivity contribution is 0.0635. The third kappa shape index (κ3) is 4.06. The smallest absolute Gasteiger partial charge is 0.254 e. The van der Waals surface area contributed by atoms with Gasteiger partial charge in [-0.25, -0.2) is 4.39 Å². The molecule has 142 valence electrons. The van der Waals surface area contributed by atoms with E-state index in [1.54, 1.807) is 24.3 Å². The molecule has 0 atom stereocenters. The van der Waals surface area contributed by atoms with Gasteiger partial charge in [0.05, 0.1) is 0 Å². The summed E-state index contributed by atoms with van der Waals surface area (Å²) in [5.74, 6) is 1.22. The van der Waals surface area contributed by atoms with Crippen molar-refractivity contribution < 1.29 is 18.7 Å². The fourth-order valence-electron chi connectivity index (χ4n) is 3.58. The summed E-state index contributed by atoms with van der Waals surface area (Å²) in [7, 11) is 0. The Balaban J connectivity index is 1.25.